The maximum atomic E-state index is 13.0. The number of alkyl halides is 2. The molecule has 0 saturated heterocycles. The van der Waals surface area contributed by atoms with E-state index in [1.165, 1.54) is 29.5 Å². The van der Waals surface area contributed by atoms with Gasteiger partial charge in [-0.15, -0.1) is 0 Å². The van der Waals surface area contributed by atoms with Gasteiger partial charge in [-0.25, -0.2) is 8.78 Å². The summed E-state index contributed by atoms with van der Waals surface area (Å²) in [6, 6.07) is 8.29. The van der Waals surface area contributed by atoms with Gasteiger partial charge in [0.05, 0.1) is 0 Å². The van der Waals surface area contributed by atoms with Gasteiger partial charge < -0.3 is 5.32 Å². The van der Waals surface area contributed by atoms with E-state index in [0.29, 0.717) is 18.0 Å². The molecule has 0 radical (unpaired) electrons. The molecule has 1 heterocycles. The number of para-hydroxylation sites is 1. The summed E-state index contributed by atoms with van der Waals surface area (Å²) in [7, 11) is 1.67. The maximum absolute atomic E-state index is 13.0. The predicted octanol–water partition coefficient (Wildman–Crippen LogP) is 4.48. The van der Waals surface area contributed by atoms with Gasteiger partial charge in [0, 0.05) is 31.0 Å². The van der Waals surface area contributed by atoms with Gasteiger partial charge in [-0.2, -0.15) is 5.10 Å². The Bertz CT molecular complexity index is 706. The third-order valence-electron chi connectivity index (χ3n) is 5.04. The average molecular weight is 317 g/mol. The van der Waals surface area contributed by atoms with Gasteiger partial charge in [0.15, 0.2) is 0 Å². The minimum absolute atomic E-state index is 0.125. The zero-order valence-corrected chi connectivity index (χ0v) is 13.2. The lowest BCUT2D eigenvalue weighted by atomic mass is 10.0. The highest BCUT2D eigenvalue weighted by Gasteiger charge is 2.48. The van der Waals surface area contributed by atoms with Crippen molar-refractivity contribution in [1.82, 2.24) is 9.78 Å². The number of benzene rings is 1. The number of hydrogen-bond donors (Lipinski definition) is 1. The van der Waals surface area contributed by atoms with Crippen molar-refractivity contribution in [2.45, 2.75) is 38.2 Å². The Balaban J connectivity index is 1.49. The SMILES string of the molecule is Cn1cc(CNc2ccccc2[C@@H]2C[C@H]2C2CC2)c(C(F)F)n1. The number of halogens is 2. The van der Waals surface area contributed by atoms with Crippen molar-refractivity contribution < 1.29 is 8.78 Å². The summed E-state index contributed by atoms with van der Waals surface area (Å²) in [5.41, 5.74) is 2.85. The molecule has 0 amide bonds. The summed E-state index contributed by atoms with van der Waals surface area (Å²) < 4.78 is 27.5. The van der Waals surface area contributed by atoms with Crippen LogP contribution >= 0.6 is 0 Å². The fourth-order valence-corrected chi connectivity index (χ4v) is 3.66. The summed E-state index contributed by atoms with van der Waals surface area (Å²) in [5.74, 6) is 2.42. The van der Waals surface area contributed by atoms with Crippen molar-refractivity contribution in [1.29, 1.82) is 0 Å². The third kappa shape index (κ3) is 2.96. The van der Waals surface area contributed by atoms with E-state index in [4.69, 9.17) is 0 Å². The summed E-state index contributed by atoms with van der Waals surface area (Å²) >= 11 is 0. The van der Waals surface area contributed by atoms with E-state index >= 15 is 0 Å². The van der Waals surface area contributed by atoms with Crippen molar-refractivity contribution in [3.8, 4) is 0 Å². The number of anilines is 1. The molecule has 3 nitrogen and oxygen atoms in total. The zero-order chi connectivity index (χ0) is 16.0. The molecule has 23 heavy (non-hydrogen) atoms. The molecule has 0 aliphatic heterocycles. The molecule has 1 N–H and O–H groups in total. The van der Waals surface area contributed by atoms with Crippen LogP contribution in [0.25, 0.3) is 0 Å². The van der Waals surface area contributed by atoms with E-state index in [1.54, 1.807) is 13.2 Å². The molecular formula is C18H21F2N3. The first-order valence-electron chi connectivity index (χ1n) is 8.27. The molecule has 1 aromatic heterocycles. The lowest BCUT2D eigenvalue weighted by Gasteiger charge is -2.12. The highest BCUT2D eigenvalue weighted by Crippen LogP contribution is 2.60. The van der Waals surface area contributed by atoms with E-state index in [0.717, 1.165) is 17.5 Å². The van der Waals surface area contributed by atoms with E-state index in [-0.39, 0.29) is 5.69 Å². The van der Waals surface area contributed by atoms with Gasteiger partial charge >= 0.3 is 0 Å². The van der Waals surface area contributed by atoms with Crippen molar-refractivity contribution in [3.05, 3.63) is 47.3 Å². The Kier molecular flexibility index (Phi) is 3.58. The molecule has 0 bridgehead atoms. The Morgan fingerprint density at radius 3 is 2.83 bits per heavy atom. The van der Waals surface area contributed by atoms with Crippen molar-refractivity contribution in [2.75, 3.05) is 5.32 Å². The minimum Gasteiger partial charge on any atom is -0.381 e. The summed E-state index contributed by atoms with van der Waals surface area (Å²) in [6.07, 6.45) is 3.17. The highest BCUT2D eigenvalue weighted by atomic mass is 19.3. The number of rotatable bonds is 6. The molecule has 0 unspecified atom stereocenters. The number of nitrogens with one attached hydrogen (secondary N) is 1. The largest absolute Gasteiger partial charge is 0.381 e. The highest BCUT2D eigenvalue weighted by molar-refractivity contribution is 5.55. The van der Waals surface area contributed by atoms with E-state index in [2.05, 4.69) is 28.6 Å². The van der Waals surface area contributed by atoms with Gasteiger partial charge in [-0.1, -0.05) is 18.2 Å². The van der Waals surface area contributed by atoms with Crippen molar-refractivity contribution in [3.63, 3.8) is 0 Å². The standard InChI is InChI=1S/C18H21F2N3/c1-23-10-12(17(22-23)18(19)20)9-21-16-5-3-2-4-13(16)15-8-14(15)11-6-7-11/h2-5,10-11,14-15,18,21H,6-9H2,1H3/t14-,15-/m0/s1. The molecule has 2 aliphatic carbocycles. The Morgan fingerprint density at radius 2 is 2.09 bits per heavy atom. The van der Waals surface area contributed by atoms with E-state index in [9.17, 15) is 8.78 Å². The first kappa shape index (κ1) is 14.7. The van der Waals surface area contributed by atoms with Crippen LogP contribution in [0.4, 0.5) is 14.5 Å². The molecule has 0 spiro atoms. The molecular weight excluding hydrogens is 296 g/mol. The number of nitrogens with zero attached hydrogens (tertiary/aromatic N) is 2. The first-order valence-corrected chi connectivity index (χ1v) is 8.27. The van der Waals surface area contributed by atoms with Gasteiger partial charge in [0.1, 0.15) is 5.69 Å². The second-order valence-corrected chi connectivity index (χ2v) is 6.80. The smallest absolute Gasteiger partial charge is 0.282 e. The fourth-order valence-electron chi connectivity index (χ4n) is 3.66. The molecule has 2 aliphatic rings. The van der Waals surface area contributed by atoms with Crippen LogP contribution in [0.15, 0.2) is 30.5 Å². The van der Waals surface area contributed by atoms with Crippen LogP contribution in [0.5, 0.6) is 0 Å². The number of aryl methyl sites for hydroxylation is 1. The quantitative estimate of drug-likeness (QED) is 0.851. The normalized spacial score (nSPS) is 23.3. The van der Waals surface area contributed by atoms with Crippen LogP contribution in [0.1, 0.15) is 48.4 Å². The summed E-state index contributed by atoms with van der Waals surface area (Å²) in [6.45, 7) is 0.380. The zero-order valence-electron chi connectivity index (χ0n) is 13.2. The summed E-state index contributed by atoms with van der Waals surface area (Å²) in [4.78, 5) is 0. The van der Waals surface area contributed by atoms with Gasteiger partial charge in [-0.05, 0) is 48.6 Å². The average Bonchev–Trinajstić information content (AvgIpc) is 3.42. The summed E-state index contributed by atoms with van der Waals surface area (Å²) in [5, 5.41) is 7.22. The Hall–Kier alpha value is -1.91. The van der Waals surface area contributed by atoms with Crippen LogP contribution in [0.3, 0.4) is 0 Å². The molecule has 1 aromatic carbocycles. The fraction of sp³-hybridized carbons (Fsp3) is 0.500. The Labute approximate surface area is 134 Å². The molecule has 5 heteroatoms. The van der Waals surface area contributed by atoms with Crippen LogP contribution in [-0.2, 0) is 13.6 Å². The molecule has 2 atom stereocenters. The van der Waals surface area contributed by atoms with E-state index in [1.807, 2.05) is 6.07 Å². The number of aromatic nitrogens is 2. The molecule has 2 saturated carbocycles. The first-order chi connectivity index (χ1) is 11.1. The third-order valence-corrected chi connectivity index (χ3v) is 5.04. The van der Waals surface area contributed by atoms with Crippen molar-refractivity contribution >= 4 is 5.69 Å². The molecule has 2 fully saturated rings. The maximum Gasteiger partial charge on any atom is 0.282 e. The van der Waals surface area contributed by atoms with Crippen LogP contribution in [-0.4, -0.2) is 9.78 Å². The van der Waals surface area contributed by atoms with Gasteiger partial charge in [0.25, 0.3) is 6.43 Å². The molecule has 4 rings (SSSR count). The Morgan fingerprint density at radius 1 is 1.30 bits per heavy atom. The van der Waals surface area contributed by atoms with Crippen LogP contribution < -0.4 is 5.32 Å². The predicted molar refractivity (Wildman–Crippen MR) is 85.5 cm³/mol. The van der Waals surface area contributed by atoms with Crippen LogP contribution in [0, 0.1) is 11.8 Å². The minimum atomic E-state index is -2.54. The topological polar surface area (TPSA) is 29.9 Å². The van der Waals surface area contributed by atoms with Crippen LogP contribution in [0.2, 0.25) is 0 Å². The van der Waals surface area contributed by atoms with Crippen molar-refractivity contribution in [2.24, 2.45) is 18.9 Å². The second-order valence-electron chi connectivity index (χ2n) is 6.80. The lowest BCUT2D eigenvalue weighted by molar-refractivity contribution is 0.144. The molecule has 122 valence electrons. The van der Waals surface area contributed by atoms with E-state index < -0.39 is 6.43 Å². The molecule has 2 aromatic rings. The van der Waals surface area contributed by atoms with Gasteiger partial charge in [-0.3, -0.25) is 4.68 Å². The number of hydrogen-bond acceptors (Lipinski definition) is 2. The van der Waals surface area contributed by atoms with Gasteiger partial charge in [0.2, 0.25) is 0 Å². The second kappa shape index (κ2) is 5.62. The lowest BCUT2D eigenvalue weighted by Crippen LogP contribution is -2.04. The monoisotopic (exact) mass is 317 g/mol.